The maximum Gasteiger partial charge on any atom is 0.253 e. The van der Waals surface area contributed by atoms with E-state index in [4.69, 9.17) is 5.73 Å². The van der Waals surface area contributed by atoms with E-state index in [1.165, 1.54) is 19.3 Å². The fourth-order valence-corrected chi connectivity index (χ4v) is 3.67. The van der Waals surface area contributed by atoms with Crippen molar-refractivity contribution in [2.24, 2.45) is 17.6 Å². The average Bonchev–Trinajstić information content (AvgIpc) is 3.06. The molecule has 21 heavy (non-hydrogen) atoms. The van der Waals surface area contributed by atoms with E-state index in [0.29, 0.717) is 6.54 Å². The highest BCUT2D eigenvalue weighted by atomic mass is 16.2. The van der Waals surface area contributed by atoms with Crippen molar-refractivity contribution in [1.29, 1.82) is 0 Å². The predicted molar refractivity (Wildman–Crippen MR) is 83.8 cm³/mol. The normalized spacial score (nSPS) is 23.6. The molecule has 2 aliphatic rings. The molecule has 3 rings (SSSR count). The van der Waals surface area contributed by atoms with Crippen molar-refractivity contribution in [2.45, 2.75) is 26.2 Å². The number of hydrogen-bond donors (Lipinski definition) is 1. The van der Waals surface area contributed by atoms with E-state index in [9.17, 15) is 4.79 Å². The lowest BCUT2D eigenvalue weighted by Gasteiger charge is -2.17. The summed E-state index contributed by atoms with van der Waals surface area (Å²) in [6, 6.07) is 5.78. The van der Waals surface area contributed by atoms with Gasteiger partial charge in [0.05, 0.1) is 6.54 Å². The molecular formula is C18H22N2O. The van der Waals surface area contributed by atoms with Gasteiger partial charge in [0.2, 0.25) is 0 Å². The van der Waals surface area contributed by atoms with Gasteiger partial charge >= 0.3 is 0 Å². The summed E-state index contributed by atoms with van der Waals surface area (Å²) in [6.07, 6.45) is 3.92. The van der Waals surface area contributed by atoms with Crippen molar-refractivity contribution < 1.29 is 4.79 Å². The van der Waals surface area contributed by atoms with Crippen molar-refractivity contribution in [3.8, 4) is 11.8 Å². The zero-order valence-corrected chi connectivity index (χ0v) is 12.6. The number of hydrogen-bond acceptors (Lipinski definition) is 2. The minimum atomic E-state index is 0.172. The number of nitrogens with two attached hydrogens (primary N) is 1. The minimum absolute atomic E-state index is 0.172. The van der Waals surface area contributed by atoms with E-state index in [0.717, 1.165) is 41.6 Å². The second kappa shape index (κ2) is 5.91. The molecule has 2 atom stereocenters. The standard InChI is InChI=1S/C18H22N2O/c1-13-10-15(8-7-14(13)6-3-9-19)18(21)20-11-16-4-2-5-17(16)12-20/h7-8,10,16-17H,2,4-5,9,11-12,19H2,1H3. The van der Waals surface area contributed by atoms with E-state index >= 15 is 0 Å². The number of benzene rings is 1. The molecule has 0 bridgehead atoms. The largest absolute Gasteiger partial charge is 0.338 e. The number of carbonyl (C=O) groups excluding carboxylic acids is 1. The summed E-state index contributed by atoms with van der Waals surface area (Å²) < 4.78 is 0. The Morgan fingerprint density at radius 2 is 2.05 bits per heavy atom. The molecule has 2 N–H and O–H groups in total. The van der Waals surface area contributed by atoms with Crippen LogP contribution in [0.25, 0.3) is 0 Å². The first-order valence-corrected chi connectivity index (χ1v) is 7.78. The summed E-state index contributed by atoms with van der Waals surface area (Å²) in [5, 5.41) is 0. The number of rotatable bonds is 1. The average molecular weight is 282 g/mol. The van der Waals surface area contributed by atoms with Crippen molar-refractivity contribution in [1.82, 2.24) is 4.90 Å². The van der Waals surface area contributed by atoms with E-state index in [1.807, 2.05) is 30.0 Å². The minimum Gasteiger partial charge on any atom is -0.338 e. The third-order valence-electron chi connectivity index (χ3n) is 4.81. The lowest BCUT2D eigenvalue weighted by Crippen LogP contribution is -2.29. The van der Waals surface area contributed by atoms with Crippen LogP contribution < -0.4 is 5.73 Å². The van der Waals surface area contributed by atoms with Gasteiger partial charge in [0.1, 0.15) is 0 Å². The van der Waals surface area contributed by atoms with E-state index < -0.39 is 0 Å². The third-order valence-corrected chi connectivity index (χ3v) is 4.81. The topological polar surface area (TPSA) is 46.3 Å². The molecule has 1 aliphatic heterocycles. The Bertz CT molecular complexity index is 599. The second-order valence-corrected chi connectivity index (χ2v) is 6.20. The lowest BCUT2D eigenvalue weighted by atomic mass is 10.0. The van der Waals surface area contributed by atoms with Crippen LogP contribution in [-0.4, -0.2) is 30.4 Å². The van der Waals surface area contributed by atoms with Crippen molar-refractivity contribution in [2.75, 3.05) is 19.6 Å². The summed E-state index contributed by atoms with van der Waals surface area (Å²) in [5.74, 6) is 7.55. The van der Waals surface area contributed by atoms with Gasteiger partial charge in [-0.3, -0.25) is 4.79 Å². The SMILES string of the molecule is Cc1cc(C(=O)N2CC3CCCC3C2)ccc1C#CCN. The van der Waals surface area contributed by atoms with Crippen LogP contribution in [0.15, 0.2) is 18.2 Å². The summed E-state index contributed by atoms with van der Waals surface area (Å²) >= 11 is 0. The number of amides is 1. The Morgan fingerprint density at radius 3 is 2.67 bits per heavy atom. The Morgan fingerprint density at radius 1 is 1.33 bits per heavy atom. The Balaban J connectivity index is 1.75. The van der Waals surface area contributed by atoms with Crippen LogP contribution in [0.5, 0.6) is 0 Å². The molecule has 1 saturated heterocycles. The van der Waals surface area contributed by atoms with E-state index in [1.54, 1.807) is 0 Å². The maximum absolute atomic E-state index is 12.6. The van der Waals surface area contributed by atoms with Gasteiger partial charge in [0, 0.05) is 24.2 Å². The molecule has 0 aromatic heterocycles. The van der Waals surface area contributed by atoms with Gasteiger partial charge in [-0.1, -0.05) is 18.3 Å². The molecule has 2 fully saturated rings. The van der Waals surface area contributed by atoms with Gasteiger partial charge in [-0.05, 0) is 55.4 Å². The lowest BCUT2D eigenvalue weighted by molar-refractivity contribution is 0.0780. The van der Waals surface area contributed by atoms with Crippen LogP contribution in [0, 0.1) is 30.6 Å². The summed E-state index contributed by atoms with van der Waals surface area (Å²) in [5.41, 5.74) is 8.18. The molecule has 2 unspecified atom stereocenters. The highest BCUT2D eigenvalue weighted by Gasteiger charge is 2.38. The molecule has 1 saturated carbocycles. The second-order valence-electron chi connectivity index (χ2n) is 6.20. The van der Waals surface area contributed by atoms with Crippen LogP contribution in [0.3, 0.4) is 0 Å². The number of aryl methyl sites for hydroxylation is 1. The van der Waals surface area contributed by atoms with Gasteiger partial charge in [0.25, 0.3) is 5.91 Å². The van der Waals surface area contributed by atoms with Crippen LogP contribution in [-0.2, 0) is 0 Å². The summed E-state index contributed by atoms with van der Waals surface area (Å²) in [4.78, 5) is 14.7. The van der Waals surface area contributed by atoms with Crippen molar-refractivity contribution in [3.05, 3.63) is 34.9 Å². The molecule has 1 aliphatic carbocycles. The maximum atomic E-state index is 12.6. The van der Waals surface area contributed by atoms with Gasteiger partial charge in [-0.25, -0.2) is 0 Å². The van der Waals surface area contributed by atoms with Crippen LogP contribution in [0.1, 0.15) is 40.7 Å². The van der Waals surface area contributed by atoms with Gasteiger partial charge in [-0.2, -0.15) is 0 Å². The first-order chi connectivity index (χ1) is 10.2. The number of nitrogens with zero attached hydrogens (tertiary/aromatic N) is 1. The number of carbonyl (C=O) groups is 1. The van der Waals surface area contributed by atoms with E-state index in [-0.39, 0.29) is 5.91 Å². The Hall–Kier alpha value is -1.79. The molecule has 3 nitrogen and oxygen atoms in total. The zero-order chi connectivity index (χ0) is 14.8. The van der Waals surface area contributed by atoms with Crippen LogP contribution in [0.4, 0.5) is 0 Å². The third kappa shape index (κ3) is 2.82. The van der Waals surface area contributed by atoms with E-state index in [2.05, 4.69) is 11.8 Å². The Labute approximate surface area is 126 Å². The monoisotopic (exact) mass is 282 g/mol. The Kier molecular flexibility index (Phi) is 3.98. The summed E-state index contributed by atoms with van der Waals surface area (Å²) in [7, 11) is 0. The fourth-order valence-electron chi connectivity index (χ4n) is 3.67. The molecule has 0 spiro atoms. The molecule has 1 aromatic rings. The smallest absolute Gasteiger partial charge is 0.253 e. The number of likely N-dealkylation sites (tertiary alicyclic amines) is 1. The van der Waals surface area contributed by atoms with Gasteiger partial charge in [-0.15, -0.1) is 0 Å². The highest BCUT2D eigenvalue weighted by molar-refractivity contribution is 5.94. The predicted octanol–water partition coefficient (Wildman–Crippen LogP) is 2.18. The molecular weight excluding hydrogens is 260 g/mol. The molecule has 0 radical (unpaired) electrons. The molecule has 3 heteroatoms. The molecule has 1 amide bonds. The van der Waals surface area contributed by atoms with Crippen LogP contribution >= 0.6 is 0 Å². The van der Waals surface area contributed by atoms with Gasteiger partial charge < -0.3 is 10.6 Å². The molecule has 1 aromatic carbocycles. The van der Waals surface area contributed by atoms with Crippen molar-refractivity contribution in [3.63, 3.8) is 0 Å². The molecule has 110 valence electrons. The summed E-state index contributed by atoms with van der Waals surface area (Å²) in [6.45, 7) is 4.24. The fraction of sp³-hybridized carbons (Fsp3) is 0.500. The molecule has 1 heterocycles. The van der Waals surface area contributed by atoms with Crippen LogP contribution in [0.2, 0.25) is 0 Å². The van der Waals surface area contributed by atoms with Gasteiger partial charge in [0.15, 0.2) is 0 Å². The quantitative estimate of drug-likeness (QED) is 0.803. The zero-order valence-electron chi connectivity index (χ0n) is 12.6. The first-order valence-electron chi connectivity index (χ1n) is 7.78. The van der Waals surface area contributed by atoms with Crippen molar-refractivity contribution >= 4 is 5.91 Å². The highest BCUT2D eigenvalue weighted by Crippen LogP contribution is 2.38. The first kappa shape index (κ1) is 14.2. The number of fused-ring (bicyclic) bond motifs is 1.